The number of halogens is 3. The molecule has 1 N–H and O–H groups in total. The quantitative estimate of drug-likeness (QED) is 0.849. The Kier molecular flexibility index (Phi) is 3.93. The molecule has 0 aliphatic carbocycles. The Hall–Kier alpha value is -1.46. The fourth-order valence-corrected chi connectivity index (χ4v) is 1.72. The maximum absolute atomic E-state index is 12.6. The number of rotatable bonds is 2. The predicted octanol–water partition coefficient (Wildman–Crippen LogP) is 3.89. The Morgan fingerprint density at radius 3 is 2.72 bits per heavy atom. The van der Waals surface area contributed by atoms with Crippen LogP contribution < -0.4 is 5.32 Å². The summed E-state index contributed by atoms with van der Waals surface area (Å²) in [4.78, 5) is 15.3. The van der Waals surface area contributed by atoms with E-state index in [4.69, 9.17) is 11.6 Å². The molecule has 1 amide bonds. The van der Waals surface area contributed by atoms with Crippen LogP contribution in [0.25, 0.3) is 0 Å². The van der Waals surface area contributed by atoms with Crippen LogP contribution in [0.15, 0.2) is 41.0 Å². The minimum Gasteiger partial charge on any atom is -0.321 e. The third-order valence-corrected chi connectivity index (χ3v) is 3.40. The molecule has 3 nitrogen and oxygen atoms in total. The van der Waals surface area contributed by atoms with Gasteiger partial charge in [-0.25, -0.2) is 4.98 Å². The van der Waals surface area contributed by atoms with Crippen LogP contribution in [0.1, 0.15) is 10.4 Å². The van der Waals surface area contributed by atoms with Gasteiger partial charge >= 0.3 is 0 Å². The maximum Gasteiger partial charge on any atom is 0.255 e. The zero-order chi connectivity index (χ0) is 13.1. The topological polar surface area (TPSA) is 42.0 Å². The van der Waals surface area contributed by atoms with Crippen molar-refractivity contribution in [2.75, 3.05) is 5.32 Å². The molecular weight excluding hydrogens is 323 g/mol. The number of hydrogen-bond acceptors (Lipinski definition) is 2. The number of hydrogen-bond donors (Lipinski definition) is 1. The van der Waals surface area contributed by atoms with Crippen LogP contribution in [-0.4, -0.2) is 10.9 Å². The molecule has 1 heterocycles. The Balaban J connectivity index is 2.16. The summed E-state index contributed by atoms with van der Waals surface area (Å²) in [6.07, 6.45) is 1.24. The SMILES string of the molecule is O=C(Nc1ccc(F)nc1)c1ccc(Br)c(Cl)c1. The molecule has 0 aliphatic heterocycles. The van der Waals surface area contributed by atoms with Gasteiger partial charge in [-0.15, -0.1) is 0 Å². The molecule has 0 fully saturated rings. The summed E-state index contributed by atoms with van der Waals surface area (Å²) in [6, 6.07) is 7.45. The second-order valence-electron chi connectivity index (χ2n) is 3.45. The Labute approximate surface area is 116 Å². The van der Waals surface area contributed by atoms with Gasteiger partial charge in [-0.1, -0.05) is 11.6 Å². The number of nitrogens with zero attached hydrogens (tertiary/aromatic N) is 1. The Morgan fingerprint density at radius 1 is 1.33 bits per heavy atom. The zero-order valence-electron chi connectivity index (χ0n) is 8.95. The van der Waals surface area contributed by atoms with Crippen molar-refractivity contribution in [3.05, 3.63) is 57.5 Å². The summed E-state index contributed by atoms with van der Waals surface area (Å²) in [5.41, 5.74) is 0.827. The van der Waals surface area contributed by atoms with Gasteiger partial charge in [0, 0.05) is 10.0 Å². The summed E-state index contributed by atoms with van der Waals surface area (Å²) in [5.74, 6) is -0.933. The summed E-state index contributed by atoms with van der Waals surface area (Å²) in [5, 5.41) is 3.03. The van der Waals surface area contributed by atoms with Crippen molar-refractivity contribution in [3.8, 4) is 0 Å². The molecule has 0 aliphatic rings. The molecule has 92 valence electrons. The van der Waals surface area contributed by atoms with Gasteiger partial charge in [0.2, 0.25) is 5.95 Å². The van der Waals surface area contributed by atoms with Crippen LogP contribution in [-0.2, 0) is 0 Å². The van der Waals surface area contributed by atoms with Crippen molar-refractivity contribution in [3.63, 3.8) is 0 Å². The van der Waals surface area contributed by atoms with Crippen molar-refractivity contribution in [2.45, 2.75) is 0 Å². The molecule has 0 unspecified atom stereocenters. The molecule has 0 bridgehead atoms. The molecule has 0 saturated carbocycles. The van der Waals surface area contributed by atoms with E-state index in [1.54, 1.807) is 12.1 Å². The van der Waals surface area contributed by atoms with Crippen LogP contribution in [0.5, 0.6) is 0 Å². The molecule has 1 aromatic carbocycles. The lowest BCUT2D eigenvalue weighted by Gasteiger charge is -2.05. The molecule has 0 radical (unpaired) electrons. The van der Waals surface area contributed by atoms with Crippen molar-refractivity contribution in [2.24, 2.45) is 0 Å². The van der Waals surface area contributed by atoms with E-state index in [9.17, 15) is 9.18 Å². The fourth-order valence-electron chi connectivity index (χ4n) is 1.29. The molecular formula is C12H7BrClFN2O. The third kappa shape index (κ3) is 3.05. The van der Waals surface area contributed by atoms with E-state index in [1.165, 1.54) is 24.4 Å². The van der Waals surface area contributed by atoms with Crippen LogP contribution >= 0.6 is 27.5 Å². The van der Waals surface area contributed by atoms with Gasteiger partial charge in [-0.2, -0.15) is 4.39 Å². The number of pyridine rings is 1. The van der Waals surface area contributed by atoms with E-state index < -0.39 is 5.95 Å². The first-order valence-electron chi connectivity index (χ1n) is 4.94. The van der Waals surface area contributed by atoms with E-state index in [2.05, 4.69) is 26.2 Å². The highest BCUT2D eigenvalue weighted by molar-refractivity contribution is 9.10. The Morgan fingerprint density at radius 2 is 2.11 bits per heavy atom. The second kappa shape index (κ2) is 5.46. The normalized spacial score (nSPS) is 10.2. The summed E-state index contributed by atoms with van der Waals surface area (Å²) in [6.45, 7) is 0. The first-order chi connectivity index (χ1) is 8.56. The number of amides is 1. The molecule has 0 spiro atoms. The predicted molar refractivity (Wildman–Crippen MR) is 71.3 cm³/mol. The number of aromatic nitrogens is 1. The lowest BCUT2D eigenvalue weighted by atomic mass is 10.2. The van der Waals surface area contributed by atoms with E-state index in [-0.39, 0.29) is 5.91 Å². The van der Waals surface area contributed by atoms with Crippen molar-refractivity contribution in [1.82, 2.24) is 4.98 Å². The molecule has 0 saturated heterocycles. The monoisotopic (exact) mass is 328 g/mol. The average Bonchev–Trinajstić information content (AvgIpc) is 2.35. The van der Waals surface area contributed by atoms with Gasteiger partial charge < -0.3 is 5.32 Å². The molecule has 6 heteroatoms. The van der Waals surface area contributed by atoms with Crippen molar-refractivity contribution < 1.29 is 9.18 Å². The third-order valence-electron chi connectivity index (χ3n) is 2.17. The number of benzene rings is 1. The first kappa shape index (κ1) is 13.0. The minimum atomic E-state index is -0.598. The van der Waals surface area contributed by atoms with Gasteiger partial charge in [0.15, 0.2) is 0 Å². The second-order valence-corrected chi connectivity index (χ2v) is 4.71. The standard InChI is InChI=1S/C12H7BrClFN2O/c13-9-3-1-7(5-10(9)14)12(18)17-8-2-4-11(15)16-6-8/h1-6H,(H,17,18). The van der Waals surface area contributed by atoms with Crippen LogP contribution in [0.3, 0.4) is 0 Å². The molecule has 2 aromatic rings. The lowest BCUT2D eigenvalue weighted by molar-refractivity contribution is 0.102. The molecule has 18 heavy (non-hydrogen) atoms. The van der Waals surface area contributed by atoms with Gasteiger partial charge in [0.1, 0.15) is 0 Å². The van der Waals surface area contributed by atoms with Crippen LogP contribution in [0.4, 0.5) is 10.1 Å². The van der Waals surface area contributed by atoms with Crippen LogP contribution in [0.2, 0.25) is 5.02 Å². The van der Waals surface area contributed by atoms with Crippen molar-refractivity contribution >= 4 is 39.1 Å². The van der Waals surface area contributed by atoms with Gasteiger partial charge in [-0.3, -0.25) is 4.79 Å². The highest BCUT2D eigenvalue weighted by Crippen LogP contribution is 2.23. The first-order valence-corrected chi connectivity index (χ1v) is 6.11. The molecule has 0 atom stereocenters. The highest BCUT2D eigenvalue weighted by Gasteiger charge is 2.08. The summed E-state index contributed by atoms with van der Waals surface area (Å²) in [7, 11) is 0. The number of carbonyl (C=O) groups is 1. The lowest BCUT2D eigenvalue weighted by Crippen LogP contribution is -2.12. The maximum atomic E-state index is 12.6. The molecule has 1 aromatic heterocycles. The number of anilines is 1. The van der Waals surface area contributed by atoms with Gasteiger partial charge in [0.05, 0.1) is 16.9 Å². The average molecular weight is 330 g/mol. The molecule has 2 rings (SSSR count). The largest absolute Gasteiger partial charge is 0.321 e. The Bertz CT molecular complexity index is 589. The van der Waals surface area contributed by atoms with Gasteiger partial charge in [-0.05, 0) is 46.3 Å². The highest BCUT2D eigenvalue weighted by atomic mass is 79.9. The fraction of sp³-hybridized carbons (Fsp3) is 0. The van der Waals surface area contributed by atoms with Crippen molar-refractivity contribution in [1.29, 1.82) is 0 Å². The van der Waals surface area contributed by atoms with E-state index in [0.29, 0.717) is 20.7 Å². The summed E-state index contributed by atoms with van der Waals surface area (Å²) >= 11 is 9.13. The smallest absolute Gasteiger partial charge is 0.255 e. The van der Waals surface area contributed by atoms with E-state index in [1.807, 2.05) is 0 Å². The zero-order valence-corrected chi connectivity index (χ0v) is 11.3. The summed E-state index contributed by atoms with van der Waals surface area (Å²) < 4.78 is 13.3. The van der Waals surface area contributed by atoms with Gasteiger partial charge in [0.25, 0.3) is 5.91 Å². The number of nitrogens with one attached hydrogen (secondary N) is 1. The van der Waals surface area contributed by atoms with E-state index >= 15 is 0 Å². The van der Waals surface area contributed by atoms with E-state index in [0.717, 1.165) is 0 Å². The van der Waals surface area contributed by atoms with Crippen LogP contribution in [0, 0.1) is 5.95 Å². The number of carbonyl (C=O) groups excluding carboxylic acids is 1. The minimum absolute atomic E-state index is 0.335.